The summed E-state index contributed by atoms with van der Waals surface area (Å²) in [6.45, 7) is 0. The molecule has 0 amide bonds. The standard InChI is InChI=1S/C20H13NO5S/c22-18(16-12-7-13-25-16)17-20(27(23,24)15-10-5-2-6-11-15)19(26-21-17)14-8-3-1-4-9-14/h1-13H. The summed E-state index contributed by atoms with van der Waals surface area (Å²) >= 11 is 0. The molecule has 6 nitrogen and oxygen atoms in total. The largest absolute Gasteiger partial charge is 0.461 e. The van der Waals surface area contributed by atoms with Crippen molar-refractivity contribution < 1.29 is 22.2 Å². The van der Waals surface area contributed by atoms with Crippen LogP contribution in [0, 0.1) is 0 Å². The second kappa shape index (κ2) is 6.69. The van der Waals surface area contributed by atoms with Crippen LogP contribution in [0.4, 0.5) is 0 Å². The molecule has 0 aliphatic heterocycles. The molecule has 134 valence electrons. The number of ketones is 1. The molecule has 0 aliphatic rings. The van der Waals surface area contributed by atoms with E-state index in [0.717, 1.165) is 0 Å². The lowest BCUT2D eigenvalue weighted by Crippen LogP contribution is -2.10. The molecular weight excluding hydrogens is 366 g/mol. The smallest absolute Gasteiger partial charge is 0.251 e. The number of furan rings is 1. The lowest BCUT2D eigenvalue weighted by molar-refractivity contribution is 0.0998. The third-order valence-corrected chi connectivity index (χ3v) is 5.78. The third kappa shape index (κ3) is 2.98. The first-order chi connectivity index (χ1) is 13.1. The van der Waals surface area contributed by atoms with Crippen molar-refractivity contribution in [2.75, 3.05) is 0 Å². The Labute approximate surface area is 155 Å². The van der Waals surface area contributed by atoms with Gasteiger partial charge in [0.05, 0.1) is 11.2 Å². The van der Waals surface area contributed by atoms with Crippen molar-refractivity contribution in [1.82, 2.24) is 5.16 Å². The Morgan fingerprint density at radius 3 is 2.15 bits per heavy atom. The molecule has 0 bridgehead atoms. The maximum atomic E-state index is 13.3. The highest BCUT2D eigenvalue weighted by Gasteiger charge is 2.35. The molecule has 2 aromatic heterocycles. The van der Waals surface area contributed by atoms with Crippen molar-refractivity contribution >= 4 is 15.6 Å². The highest BCUT2D eigenvalue weighted by atomic mass is 32.2. The molecule has 0 unspecified atom stereocenters. The first-order valence-corrected chi connectivity index (χ1v) is 9.51. The van der Waals surface area contributed by atoms with E-state index in [-0.39, 0.29) is 27.0 Å². The minimum atomic E-state index is -4.06. The SMILES string of the molecule is O=C(c1ccco1)c1noc(-c2ccccc2)c1S(=O)(=O)c1ccccc1. The molecule has 0 saturated heterocycles. The molecule has 7 heteroatoms. The minimum absolute atomic E-state index is 0.00867. The lowest BCUT2D eigenvalue weighted by Gasteiger charge is -2.06. The van der Waals surface area contributed by atoms with Crippen molar-refractivity contribution in [2.45, 2.75) is 9.79 Å². The molecule has 0 N–H and O–H groups in total. The zero-order chi connectivity index (χ0) is 18.9. The minimum Gasteiger partial charge on any atom is -0.461 e. The molecule has 0 radical (unpaired) electrons. The van der Waals surface area contributed by atoms with E-state index in [4.69, 9.17) is 8.94 Å². The molecule has 4 rings (SSSR count). The predicted molar refractivity (Wildman–Crippen MR) is 96.0 cm³/mol. The average molecular weight is 379 g/mol. The van der Waals surface area contributed by atoms with Crippen molar-refractivity contribution in [2.24, 2.45) is 0 Å². The summed E-state index contributed by atoms with van der Waals surface area (Å²) in [7, 11) is -4.06. The van der Waals surface area contributed by atoms with Gasteiger partial charge in [0.2, 0.25) is 9.84 Å². The van der Waals surface area contributed by atoms with Crippen molar-refractivity contribution in [1.29, 1.82) is 0 Å². The molecule has 27 heavy (non-hydrogen) atoms. The Kier molecular flexibility index (Phi) is 4.21. The van der Waals surface area contributed by atoms with Gasteiger partial charge < -0.3 is 8.94 Å². The topological polar surface area (TPSA) is 90.4 Å². The third-order valence-electron chi connectivity index (χ3n) is 3.97. The highest BCUT2D eigenvalue weighted by molar-refractivity contribution is 7.91. The fourth-order valence-corrected chi connectivity index (χ4v) is 4.23. The zero-order valence-corrected chi connectivity index (χ0v) is 14.7. The number of carbonyl (C=O) groups excluding carboxylic acids is 1. The maximum absolute atomic E-state index is 13.3. The second-order valence-corrected chi connectivity index (χ2v) is 7.56. The Balaban J connectivity index is 1.97. The van der Waals surface area contributed by atoms with E-state index >= 15 is 0 Å². The summed E-state index contributed by atoms with van der Waals surface area (Å²) in [5, 5.41) is 3.78. The summed E-state index contributed by atoms with van der Waals surface area (Å²) in [6.07, 6.45) is 1.33. The zero-order valence-electron chi connectivity index (χ0n) is 13.9. The second-order valence-electron chi connectivity index (χ2n) is 5.68. The molecule has 4 aromatic rings. The first kappa shape index (κ1) is 17.0. The van der Waals surface area contributed by atoms with Crippen molar-refractivity contribution in [3.63, 3.8) is 0 Å². The summed E-state index contributed by atoms with van der Waals surface area (Å²) < 4.78 is 37.0. The van der Waals surface area contributed by atoms with Gasteiger partial charge >= 0.3 is 0 Å². The quantitative estimate of drug-likeness (QED) is 0.487. The van der Waals surface area contributed by atoms with Gasteiger partial charge in [0.15, 0.2) is 22.1 Å². The van der Waals surface area contributed by atoms with Crippen LogP contribution in [-0.2, 0) is 9.84 Å². The Morgan fingerprint density at radius 2 is 1.52 bits per heavy atom. The molecule has 2 heterocycles. The Hall–Kier alpha value is -3.45. The summed E-state index contributed by atoms with van der Waals surface area (Å²) in [5.74, 6) is -0.679. The van der Waals surface area contributed by atoms with Gasteiger partial charge in [-0.3, -0.25) is 4.79 Å². The van der Waals surface area contributed by atoms with Gasteiger partial charge in [0.25, 0.3) is 5.78 Å². The van der Waals surface area contributed by atoms with E-state index < -0.39 is 15.6 Å². The predicted octanol–water partition coefficient (Wildman–Crippen LogP) is 4.00. The summed E-state index contributed by atoms with van der Waals surface area (Å²) in [4.78, 5) is 12.5. The van der Waals surface area contributed by atoms with Crippen LogP contribution < -0.4 is 0 Å². The molecular formula is C20H13NO5S. The fraction of sp³-hybridized carbons (Fsp3) is 0. The van der Waals surface area contributed by atoms with Gasteiger partial charge in [-0.25, -0.2) is 8.42 Å². The Morgan fingerprint density at radius 1 is 0.852 bits per heavy atom. The molecule has 0 atom stereocenters. The van der Waals surface area contributed by atoms with Gasteiger partial charge in [0.1, 0.15) is 0 Å². The van der Waals surface area contributed by atoms with Crippen LogP contribution in [0.25, 0.3) is 11.3 Å². The van der Waals surface area contributed by atoms with Crippen LogP contribution >= 0.6 is 0 Å². The monoisotopic (exact) mass is 379 g/mol. The van der Waals surface area contributed by atoms with Gasteiger partial charge in [-0.15, -0.1) is 0 Å². The number of carbonyl (C=O) groups is 1. The van der Waals surface area contributed by atoms with Crippen LogP contribution in [0.5, 0.6) is 0 Å². The normalized spacial score (nSPS) is 11.4. The lowest BCUT2D eigenvalue weighted by atomic mass is 10.1. The summed E-state index contributed by atoms with van der Waals surface area (Å²) in [5.41, 5.74) is 0.186. The van der Waals surface area contributed by atoms with E-state index in [0.29, 0.717) is 5.56 Å². The van der Waals surface area contributed by atoms with Gasteiger partial charge in [-0.1, -0.05) is 53.7 Å². The number of benzene rings is 2. The highest BCUT2D eigenvalue weighted by Crippen LogP contribution is 2.35. The van der Waals surface area contributed by atoms with Crippen LogP contribution in [0.15, 0.2) is 97.8 Å². The molecule has 0 saturated carbocycles. The molecule has 0 aliphatic carbocycles. The molecule has 0 spiro atoms. The van der Waals surface area contributed by atoms with Gasteiger partial charge in [0, 0.05) is 5.56 Å². The van der Waals surface area contributed by atoms with Crippen LogP contribution in [0.2, 0.25) is 0 Å². The number of rotatable bonds is 5. The van der Waals surface area contributed by atoms with Crippen molar-refractivity contribution in [3.05, 3.63) is 90.5 Å². The number of hydrogen-bond donors (Lipinski definition) is 0. The Bertz CT molecular complexity index is 1180. The number of hydrogen-bond acceptors (Lipinski definition) is 6. The average Bonchev–Trinajstić information content (AvgIpc) is 3.39. The maximum Gasteiger partial charge on any atom is 0.251 e. The van der Waals surface area contributed by atoms with E-state index in [2.05, 4.69) is 5.16 Å². The van der Waals surface area contributed by atoms with Gasteiger partial charge in [-0.2, -0.15) is 0 Å². The fourth-order valence-electron chi connectivity index (χ4n) is 2.69. The number of aromatic nitrogens is 1. The van der Waals surface area contributed by atoms with E-state index in [1.54, 1.807) is 48.5 Å². The van der Waals surface area contributed by atoms with E-state index in [9.17, 15) is 13.2 Å². The molecule has 2 aromatic carbocycles. The van der Waals surface area contributed by atoms with E-state index in [1.165, 1.54) is 30.5 Å². The summed E-state index contributed by atoms with van der Waals surface area (Å²) in [6, 6.07) is 19.5. The van der Waals surface area contributed by atoms with Crippen LogP contribution in [0.1, 0.15) is 16.2 Å². The number of nitrogens with zero attached hydrogens (tertiary/aromatic N) is 1. The van der Waals surface area contributed by atoms with Crippen molar-refractivity contribution in [3.8, 4) is 11.3 Å². The first-order valence-electron chi connectivity index (χ1n) is 8.02. The van der Waals surface area contributed by atoms with Crippen LogP contribution in [-0.4, -0.2) is 19.4 Å². The van der Waals surface area contributed by atoms with E-state index in [1.807, 2.05) is 0 Å². The molecule has 0 fully saturated rings. The number of sulfone groups is 1. The van der Waals surface area contributed by atoms with Gasteiger partial charge in [-0.05, 0) is 24.3 Å². The van der Waals surface area contributed by atoms with Crippen LogP contribution in [0.3, 0.4) is 0 Å².